The fourth-order valence-electron chi connectivity index (χ4n) is 2.19. The Bertz CT molecular complexity index is 602. The summed E-state index contributed by atoms with van der Waals surface area (Å²) in [5.74, 6) is 1.25. The number of sulfone groups is 1. The molecule has 0 spiro atoms. The van der Waals surface area contributed by atoms with Crippen molar-refractivity contribution in [3.8, 4) is 5.75 Å². The smallest absolute Gasteiger partial charge is 0.191 e. The zero-order chi connectivity index (χ0) is 15.3. The summed E-state index contributed by atoms with van der Waals surface area (Å²) in [5, 5.41) is 15.5. The van der Waals surface area contributed by atoms with Crippen LogP contribution in [0.4, 0.5) is 0 Å². The van der Waals surface area contributed by atoms with Crippen LogP contribution in [0.25, 0.3) is 0 Å². The van der Waals surface area contributed by atoms with Crippen LogP contribution >= 0.6 is 24.0 Å². The van der Waals surface area contributed by atoms with Crippen molar-refractivity contribution in [1.29, 1.82) is 0 Å². The summed E-state index contributed by atoms with van der Waals surface area (Å²) in [6, 6.07) is 6.78. The topological polar surface area (TPSA) is 90.8 Å². The second-order valence-electron chi connectivity index (χ2n) is 5.11. The first kappa shape index (κ1) is 19.0. The van der Waals surface area contributed by atoms with Crippen LogP contribution in [0, 0.1) is 0 Å². The van der Waals surface area contributed by atoms with E-state index in [0.717, 1.165) is 5.56 Å². The molecule has 1 aliphatic rings. The first-order chi connectivity index (χ1) is 9.98. The van der Waals surface area contributed by atoms with Gasteiger partial charge in [0.1, 0.15) is 5.75 Å². The number of benzene rings is 1. The monoisotopic (exact) mass is 439 g/mol. The Morgan fingerprint density at radius 3 is 2.59 bits per heavy atom. The summed E-state index contributed by atoms with van der Waals surface area (Å²) in [7, 11) is -2.90. The fraction of sp³-hybridized carbons (Fsp3) is 0.500. The van der Waals surface area contributed by atoms with Crippen LogP contribution in [0.1, 0.15) is 18.9 Å². The highest BCUT2D eigenvalue weighted by atomic mass is 127. The summed E-state index contributed by atoms with van der Waals surface area (Å²) in [6.45, 7) is 3.14. The molecule has 0 amide bonds. The Morgan fingerprint density at radius 2 is 2.05 bits per heavy atom. The van der Waals surface area contributed by atoms with Gasteiger partial charge in [-0.15, -0.1) is 24.0 Å². The van der Waals surface area contributed by atoms with Crippen LogP contribution < -0.4 is 10.6 Å². The van der Waals surface area contributed by atoms with Crippen molar-refractivity contribution in [2.24, 2.45) is 4.99 Å². The standard InChI is InChI=1S/C14H21N3O3S.HI/c1-2-15-14(17-12-7-8-21(19,20)10-12)16-9-11-3-5-13(18)6-4-11;/h3-6,12,18H,2,7-10H2,1H3,(H2,15,16,17);1H. The van der Waals surface area contributed by atoms with E-state index >= 15 is 0 Å². The maximum absolute atomic E-state index is 11.5. The molecule has 2 rings (SSSR count). The van der Waals surface area contributed by atoms with Crippen LogP contribution in [-0.2, 0) is 16.4 Å². The van der Waals surface area contributed by atoms with E-state index in [9.17, 15) is 13.5 Å². The second-order valence-corrected chi connectivity index (χ2v) is 7.33. The predicted molar refractivity (Wildman–Crippen MR) is 98.5 cm³/mol. The average Bonchev–Trinajstić information content (AvgIpc) is 2.77. The number of aliphatic imine (C=N–C) groups is 1. The van der Waals surface area contributed by atoms with Gasteiger partial charge < -0.3 is 15.7 Å². The highest BCUT2D eigenvalue weighted by Crippen LogP contribution is 2.12. The molecule has 0 aromatic heterocycles. The number of phenols is 1. The molecule has 1 unspecified atom stereocenters. The number of hydrogen-bond acceptors (Lipinski definition) is 4. The SMILES string of the molecule is CCNC(=NCc1ccc(O)cc1)NC1CCS(=O)(=O)C1.I. The van der Waals surface area contributed by atoms with Crippen molar-refractivity contribution >= 4 is 39.8 Å². The zero-order valence-electron chi connectivity index (χ0n) is 12.4. The van der Waals surface area contributed by atoms with Gasteiger partial charge in [-0.2, -0.15) is 0 Å². The molecule has 1 aliphatic heterocycles. The molecule has 0 radical (unpaired) electrons. The van der Waals surface area contributed by atoms with Crippen LogP contribution in [0.3, 0.4) is 0 Å². The minimum atomic E-state index is -2.90. The van der Waals surface area contributed by atoms with Gasteiger partial charge in [-0.3, -0.25) is 0 Å². The third kappa shape index (κ3) is 5.99. The Hall–Kier alpha value is -1.03. The molecule has 124 valence electrons. The summed E-state index contributed by atoms with van der Waals surface area (Å²) in [6.07, 6.45) is 0.617. The van der Waals surface area contributed by atoms with E-state index in [0.29, 0.717) is 25.5 Å². The summed E-state index contributed by atoms with van der Waals surface area (Å²) in [5.41, 5.74) is 0.976. The maximum Gasteiger partial charge on any atom is 0.191 e. The van der Waals surface area contributed by atoms with E-state index in [4.69, 9.17) is 0 Å². The van der Waals surface area contributed by atoms with Crippen LogP contribution in [0.15, 0.2) is 29.3 Å². The number of phenolic OH excluding ortho intramolecular Hbond substituents is 1. The van der Waals surface area contributed by atoms with Gasteiger partial charge in [-0.05, 0) is 31.0 Å². The fourth-order valence-corrected chi connectivity index (χ4v) is 3.87. The third-order valence-corrected chi connectivity index (χ3v) is 5.04. The Balaban J connectivity index is 0.00000242. The van der Waals surface area contributed by atoms with E-state index in [2.05, 4.69) is 15.6 Å². The maximum atomic E-state index is 11.5. The van der Waals surface area contributed by atoms with E-state index in [1.807, 2.05) is 19.1 Å². The molecular formula is C14H22IN3O3S. The van der Waals surface area contributed by atoms with Crippen molar-refractivity contribution in [1.82, 2.24) is 10.6 Å². The number of guanidine groups is 1. The Kier molecular flexibility index (Phi) is 7.40. The quantitative estimate of drug-likeness (QED) is 0.373. The van der Waals surface area contributed by atoms with E-state index in [1.165, 1.54) is 0 Å². The summed E-state index contributed by atoms with van der Waals surface area (Å²) >= 11 is 0. The first-order valence-electron chi connectivity index (χ1n) is 7.01. The number of hydrogen-bond donors (Lipinski definition) is 3. The number of nitrogens with one attached hydrogen (secondary N) is 2. The van der Waals surface area contributed by atoms with Gasteiger partial charge in [-0.25, -0.2) is 13.4 Å². The minimum Gasteiger partial charge on any atom is -0.508 e. The van der Waals surface area contributed by atoms with Crippen molar-refractivity contribution < 1.29 is 13.5 Å². The third-order valence-electron chi connectivity index (χ3n) is 3.27. The lowest BCUT2D eigenvalue weighted by molar-refractivity contribution is 0.475. The normalized spacial score (nSPS) is 20.2. The van der Waals surface area contributed by atoms with Crippen molar-refractivity contribution in [2.45, 2.75) is 25.9 Å². The summed E-state index contributed by atoms with van der Waals surface area (Å²) in [4.78, 5) is 4.44. The van der Waals surface area contributed by atoms with E-state index in [1.54, 1.807) is 12.1 Å². The van der Waals surface area contributed by atoms with Crippen LogP contribution in [-0.4, -0.2) is 43.6 Å². The number of rotatable bonds is 4. The molecule has 0 aliphatic carbocycles. The molecule has 1 aromatic carbocycles. The molecule has 1 aromatic rings. The largest absolute Gasteiger partial charge is 0.508 e. The second kappa shape index (κ2) is 8.56. The highest BCUT2D eigenvalue weighted by molar-refractivity contribution is 14.0. The number of nitrogens with zero attached hydrogens (tertiary/aromatic N) is 1. The highest BCUT2D eigenvalue weighted by Gasteiger charge is 2.28. The molecule has 1 heterocycles. The van der Waals surface area contributed by atoms with Gasteiger partial charge >= 0.3 is 0 Å². The molecule has 6 nitrogen and oxygen atoms in total. The Labute approximate surface area is 148 Å². The molecule has 8 heteroatoms. The lowest BCUT2D eigenvalue weighted by Crippen LogP contribution is -2.44. The molecule has 1 atom stereocenters. The van der Waals surface area contributed by atoms with Gasteiger partial charge in [0.2, 0.25) is 0 Å². The molecule has 1 fully saturated rings. The number of halogens is 1. The van der Waals surface area contributed by atoms with Gasteiger partial charge in [0.15, 0.2) is 15.8 Å². The average molecular weight is 439 g/mol. The predicted octanol–water partition coefficient (Wildman–Crippen LogP) is 1.25. The van der Waals surface area contributed by atoms with Gasteiger partial charge in [0.25, 0.3) is 0 Å². The summed E-state index contributed by atoms with van der Waals surface area (Å²) < 4.78 is 22.9. The van der Waals surface area contributed by atoms with Gasteiger partial charge in [0.05, 0.1) is 18.1 Å². The minimum absolute atomic E-state index is 0. The van der Waals surface area contributed by atoms with Crippen LogP contribution in [0.5, 0.6) is 5.75 Å². The molecule has 22 heavy (non-hydrogen) atoms. The first-order valence-corrected chi connectivity index (χ1v) is 8.84. The lowest BCUT2D eigenvalue weighted by atomic mass is 10.2. The lowest BCUT2D eigenvalue weighted by Gasteiger charge is -2.15. The van der Waals surface area contributed by atoms with Gasteiger partial charge in [0, 0.05) is 12.6 Å². The van der Waals surface area contributed by atoms with Crippen molar-refractivity contribution in [3.63, 3.8) is 0 Å². The molecule has 0 bridgehead atoms. The van der Waals surface area contributed by atoms with Crippen molar-refractivity contribution in [3.05, 3.63) is 29.8 Å². The van der Waals surface area contributed by atoms with E-state index in [-0.39, 0.29) is 47.3 Å². The van der Waals surface area contributed by atoms with E-state index < -0.39 is 9.84 Å². The molecule has 3 N–H and O–H groups in total. The van der Waals surface area contributed by atoms with Crippen LogP contribution in [0.2, 0.25) is 0 Å². The molecular weight excluding hydrogens is 417 g/mol. The van der Waals surface area contributed by atoms with Gasteiger partial charge in [-0.1, -0.05) is 12.1 Å². The zero-order valence-corrected chi connectivity index (χ0v) is 15.6. The van der Waals surface area contributed by atoms with Crippen molar-refractivity contribution in [2.75, 3.05) is 18.1 Å². The Morgan fingerprint density at radius 1 is 1.36 bits per heavy atom. The molecule has 1 saturated heterocycles. The molecule has 0 saturated carbocycles. The number of aromatic hydroxyl groups is 1.